The van der Waals surface area contributed by atoms with Crippen LogP contribution in [0.4, 0.5) is 0 Å². The van der Waals surface area contributed by atoms with E-state index in [-0.39, 0.29) is 37.5 Å². The minimum atomic E-state index is -0.223. The molecule has 0 bridgehead atoms. The van der Waals surface area contributed by atoms with Gasteiger partial charge < -0.3 is 19.2 Å². The van der Waals surface area contributed by atoms with E-state index in [9.17, 15) is 14.7 Å². The van der Waals surface area contributed by atoms with Crippen molar-refractivity contribution in [1.82, 2.24) is 4.90 Å². The van der Waals surface area contributed by atoms with E-state index in [1.54, 1.807) is 18.2 Å². The van der Waals surface area contributed by atoms with Gasteiger partial charge in [-0.15, -0.1) is 0 Å². The van der Waals surface area contributed by atoms with Crippen LogP contribution in [0.15, 0.2) is 64.0 Å². The van der Waals surface area contributed by atoms with Crippen LogP contribution in [0.2, 0.25) is 0 Å². The lowest BCUT2D eigenvalue weighted by atomic mass is 10.1. The number of aliphatic hydroxyl groups is 1. The fraction of sp³-hybridized carbons (Fsp3) is 0.333. The number of benzene rings is 2. The molecule has 3 aromatic rings. The van der Waals surface area contributed by atoms with E-state index < -0.39 is 0 Å². The standard InChI is InChI=1S/C24H27NO5/c1-2-3-14-29-20-10-7-11-21-23(20)24(28)19(17-30-21)16-25(12-13-26)22(27)15-18-8-5-4-6-9-18/h4-11,17,26H,2-3,12-16H2,1H3. The van der Waals surface area contributed by atoms with Crippen molar-refractivity contribution in [3.05, 3.63) is 76.1 Å². The monoisotopic (exact) mass is 409 g/mol. The first-order valence-electron chi connectivity index (χ1n) is 10.2. The Labute approximate surface area is 175 Å². The Bertz CT molecular complexity index is 1030. The van der Waals surface area contributed by atoms with Gasteiger partial charge in [0.15, 0.2) is 0 Å². The molecule has 0 atom stereocenters. The number of hydrogen-bond donors (Lipinski definition) is 1. The highest BCUT2D eigenvalue weighted by Crippen LogP contribution is 2.23. The molecule has 0 spiro atoms. The lowest BCUT2D eigenvalue weighted by molar-refractivity contribution is -0.131. The summed E-state index contributed by atoms with van der Waals surface area (Å²) in [7, 11) is 0. The minimum Gasteiger partial charge on any atom is -0.493 e. The van der Waals surface area contributed by atoms with Gasteiger partial charge in [-0.1, -0.05) is 49.7 Å². The maximum Gasteiger partial charge on any atom is 0.227 e. The summed E-state index contributed by atoms with van der Waals surface area (Å²) in [6, 6.07) is 14.6. The van der Waals surface area contributed by atoms with Crippen molar-refractivity contribution in [3.63, 3.8) is 0 Å². The molecule has 6 heteroatoms. The summed E-state index contributed by atoms with van der Waals surface area (Å²) in [5, 5.41) is 9.80. The number of ether oxygens (including phenoxy) is 1. The molecule has 30 heavy (non-hydrogen) atoms. The third-order valence-electron chi connectivity index (χ3n) is 4.87. The Hall–Kier alpha value is -3.12. The second-order valence-electron chi connectivity index (χ2n) is 7.12. The van der Waals surface area contributed by atoms with Gasteiger partial charge in [-0.3, -0.25) is 9.59 Å². The summed E-state index contributed by atoms with van der Waals surface area (Å²) in [4.78, 5) is 27.4. The van der Waals surface area contributed by atoms with Gasteiger partial charge in [-0.25, -0.2) is 0 Å². The van der Waals surface area contributed by atoms with Crippen molar-refractivity contribution in [2.45, 2.75) is 32.7 Å². The van der Waals surface area contributed by atoms with E-state index in [1.807, 2.05) is 30.3 Å². The van der Waals surface area contributed by atoms with Gasteiger partial charge in [0.1, 0.15) is 16.7 Å². The van der Waals surface area contributed by atoms with Crippen LogP contribution in [0.25, 0.3) is 11.0 Å². The third-order valence-corrected chi connectivity index (χ3v) is 4.87. The highest BCUT2D eigenvalue weighted by atomic mass is 16.5. The summed E-state index contributed by atoms with van der Waals surface area (Å²) >= 11 is 0. The van der Waals surface area contributed by atoms with Crippen molar-refractivity contribution in [2.75, 3.05) is 19.8 Å². The Balaban J connectivity index is 1.86. The number of amides is 1. The fourth-order valence-electron chi connectivity index (χ4n) is 3.24. The highest BCUT2D eigenvalue weighted by molar-refractivity contribution is 5.84. The molecule has 1 heterocycles. The topological polar surface area (TPSA) is 80.0 Å². The quantitative estimate of drug-likeness (QED) is 0.518. The summed E-state index contributed by atoms with van der Waals surface area (Å²) in [6.07, 6.45) is 3.47. The van der Waals surface area contributed by atoms with E-state index in [1.165, 1.54) is 11.2 Å². The first kappa shape index (κ1) is 21.6. The molecule has 0 unspecified atom stereocenters. The number of unbranched alkanes of at least 4 members (excludes halogenated alkanes) is 1. The number of nitrogens with zero attached hydrogens (tertiary/aromatic N) is 1. The molecule has 0 radical (unpaired) electrons. The maximum atomic E-state index is 13.2. The Morgan fingerprint density at radius 2 is 1.93 bits per heavy atom. The molecule has 0 saturated carbocycles. The van der Waals surface area contributed by atoms with Crippen molar-refractivity contribution in [3.8, 4) is 5.75 Å². The van der Waals surface area contributed by atoms with Crippen LogP contribution in [0, 0.1) is 0 Å². The van der Waals surface area contributed by atoms with Gasteiger partial charge in [0.05, 0.1) is 38.0 Å². The number of aliphatic hydroxyl groups excluding tert-OH is 1. The number of hydrogen-bond acceptors (Lipinski definition) is 5. The zero-order chi connectivity index (χ0) is 21.3. The molecular weight excluding hydrogens is 382 g/mol. The Morgan fingerprint density at radius 3 is 2.67 bits per heavy atom. The van der Waals surface area contributed by atoms with Crippen LogP contribution in [-0.2, 0) is 17.8 Å². The van der Waals surface area contributed by atoms with E-state index >= 15 is 0 Å². The average Bonchev–Trinajstić information content (AvgIpc) is 2.76. The van der Waals surface area contributed by atoms with E-state index in [2.05, 4.69) is 6.92 Å². The first-order valence-corrected chi connectivity index (χ1v) is 10.2. The minimum absolute atomic E-state index is 0.0633. The predicted molar refractivity (Wildman–Crippen MR) is 116 cm³/mol. The third kappa shape index (κ3) is 5.27. The van der Waals surface area contributed by atoms with Crippen LogP contribution in [0.3, 0.4) is 0 Å². The largest absolute Gasteiger partial charge is 0.493 e. The van der Waals surface area contributed by atoms with Crippen LogP contribution in [0.5, 0.6) is 5.75 Å². The van der Waals surface area contributed by atoms with Crippen molar-refractivity contribution in [1.29, 1.82) is 0 Å². The molecule has 0 aliphatic carbocycles. The molecule has 2 aromatic carbocycles. The predicted octanol–water partition coefficient (Wildman–Crippen LogP) is 3.54. The molecule has 0 saturated heterocycles. The SMILES string of the molecule is CCCCOc1cccc2occ(CN(CCO)C(=O)Cc3ccccc3)c(=O)c12. The van der Waals surface area contributed by atoms with Crippen LogP contribution < -0.4 is 10.2 Å². The fourth-order valence-corrected chi connectivity index (χ4v) is 3.24. The lowest BCUT2D eigenvalue weighted by Crippen LogP contribution is -2.35. The number of carbonyl (C=O) groups excluding carboxylic acids is 1. The molecule has 1 amide bonds. The zero-order valence-corrected chi connectivity index (χ0v) is 17.2. The summed E-state index contributed by atoms with van der Waals surface area (Å²) in [5.41, 5.74) is 1.45. The smallest absolute Gasteiger partial charge is 0.227 e. The van der Waals surface area contributed by atoms with Gasteiger partial charge in [-0.05, 0) is 24.1 Å². The van der Waals surface area contributed by atoms with Crippen molar-refractivity contribution < 1.29 is 19.1 Å². The first-order chi connectivity index (χ1) is 14.6. The molecule has 0 aliphatic rings. The molecule has 1 aromatic heterocycles. The van der Waals surface area contributed by atoms with Gasteiger partial charge >= 0.3 is 0 Å². The molecule has 3 rings (SSSR count). The van der Waals surface area contributed by atoms with E-state index in [0.29, 0.717) is 28.9 Å². The highest BCUT2D eigenvalue weighted by Gasteiger charge is 2.18. The van der Waals surface area contributed by atoms with Crippen LogP contribution >= 0.6 is 0 Å². The van der Waals surface area contributed by atoms with Gasteiger partial charge in [0.25, 0.3) is 0 Å². The van der Waals surface area contributed by atoms with Gasteiger partial charge in [-0.2, -0.15) is 0 Å². The second kappa shape index (κ2) is 10.6. The normalized spacial score (nSPS) is 10.9. The molecule has 0 aliphatic heterocycles. The summed E-state index contributed by atoms with van der Waals surface area (Å²) in [5.74, 6) is 0.322. The average molecular weight is 409 g/mol. The van der Waals surface area contributed by atoms with Crippen LogP contribution in [-0.4, -0.2) is 35.7 Å². The number of fused-ring (bicyclic) bond motifs is 1. The van der Waals surface area contributed by atoms with Gasteiger partial charge in [0, 0.05) is 6.54 Å². The van der Waals surface area contributed by atoms with Crippen molar-refractivity contribution in [2.24, 2.45) is 0 Å². The molecular formula is C24H27NO5. The van der Waals surface area contributed by atoms with Gasteiger partial charge in [0.2, 0.25) is 11.3 Å². The number of carbonyl (C=O) groups is 1. The van der Waals surface area contributed by atoms with Crippen LogP contribution in [0.1, 0.15) is 30.9 Å². The lowest BCUT2D eigenvalue weighted by Gasteiger charge is -2.21. The summed E-state index contributed by atoms with van der Waals surface area (Å²) in [6.45, 7) is 2.60. The van der Waals surface area contributed by atoms with E-state index in [4.69, 9.17) is 9.15 Å². The Morgan fingerprint density at radius 1 is 1.13 bits per heavy atom. The molecule has 6 nitrogen and oxygen atoms in total. The van der Waals surface area contributed by atoms with Crippen molar-refractivity contribution >= 4 is 16.9 Å². The molecule has 158 valence electrons. The molecule has 1 N–H and O–H groups in total. The number of rotatable bonds is 10. The Kier molecular flexibility index (Phi) is 7.63. The van der Waals surface area contributed by atoms with E-state index in [0.717, 1.165) is 18.4 Å². The summed E-state index contributed by atoms with van der Waals surface area (Å²) < 4.78 is 11.5. The maximum absolute atomic E-state index is 13.2. The second-order valence-corrected chi connectivity index (χ2v) is 7.12. The molecule has 0 fully saturated rings. The zero-order valence-electron chi connectivity index (χ0n) is 17.2.